The SMILES string of the molecule is CCOCc1nc(Cl)cc(Nc2ccc(Br)cc2Cl)n1. The molecule has 2 rings (SSSR count). The number of aromatic nitrogens is 2. The first-order valence-corrected chi connectivity index (χ1v) is 7.46. The van der Waals surface area contributed by atoms with Gasteiger partial charge in [0.05, 0.1) is 10.7 Å². The number of halogens is 3. The maximum absolute atomic E-state index is 6.15. The first-order valence-electron chi connectivity index (χ1n) is 5.91. The van der Waals surface area contributed by atoms with Gasteiger partial charge in [0.25, 0.3) is 0 Å². The number of rotatable bonds is 5. The summed E-state index contributed by atoms with van der Waals surface area (Å²) in [5, 5.41) is 4.05. The molecule has 0 unspecified atom stereocenters. The van der Waals surface area contributed by atoms with Gasteiger partial charge < -0.3 is 10.1 Å². The van der Waals surface area contributed by atoms with Crippen LogP contribution in [0.15, 0.2) is 28.7 Å². The van der Waals surface area contributed by atoms with Crippen LogP contribution in [0, 0.1) is 0 Å². The third-order valence-electron chi connectivity index (χ3n) is 2.37. The Kier molecular flexibility index (Phi) is 5.60. The van der Waals surface area contributed by atoms with Crippen LogP contribution < -0.4 is 5.32 Å². The van der Waals surface area contributed by atoms with E-state index in [1.165, 1.54) is 0 Å². The van der Waals surface area contributed by atoms with Crippen molar-refractivity contribution in [2.45, 2.75) is 13.5 Å². The second-order valence-electron chi connectivity index (χ2n) is 3.88. The van der Waals surface area contributed by atoms with Gasteiger partial charge in [-0.2, -0.15) is 0 Å². The molecule has 0 fully saturated rings. The number of anilines is 2. The van der Waals surface area contributed by atoms with Gasteiger partial charge in [0.1, 0.15) is 17.6 Å². The fraction of sp³-hybridized carbons (Fsp3) is 0.231. The summed E-state index contributed by atoms with van der Waals surface area (Å²) in [6.07, 6.45) is 0. The molecule has 0 saturated carbocycles. The van der Waals surface area contributed by atoms with Crippen molar-refractivity contribution in [1.82, 2.24) is 9.97 Å². The van der Waals surface area contributed by atoms with E-state index < -0.39 is 0 Å². The summed E-state index contributed by atoms with van der Waals surface area (Å²) in [6.45, 7) is 2.82. The summed E-state index contributed by atoms with van der Waals surface area (Å²) in [5.41, 5.74) is 0.743. The van der Waals surface area contributed by atoms with Crippen LogP contribution in [0.3, 0.4) is 0 Å². The van der Waals surface area contributed by atoms with Crippen LogP contribution in [-0.4, -0.2) is 16.6 Å². The highest BCUT2D eigenvalue weighted by atomic mass is 79.9. The Bertz CT molecular complexity index is 610. The fourth-order valence-corrected chi connectivity index (χ4v) is 2.44. The Labute approximate surface area is 135 Å². The van der Waals surface area contributed by atoms with E-state index in [-0.39, 0.29) is 0 Å². The maximum atomic E-state index is 6.15. The molecule has 1 heterocycles. The molecule has 0 atom stereocenters. The third-order valence-corrected chi connectivity index (χ3v) is 3.37. The van der Waals surface area contributed by atoms with Crippen LogP contribution >= 0.6 is 39.1 Å². The number of hydrogen-bond acceptors (Lipinski definition) is 4. The fourth-order valence-electron chi connectivity index (χ4n) is 1.52. The Hall–Kier alpha value is -0.880. The highest BCUT2D eigenvalue weighted by Gasteiger charge is 2.06. The molecule has 1 N–H and O–H groups in total. The van der Waals surface area contributed by atoms with Crippen LogP contribution in [0.2, 0.25) is 10.2 Å². The molecule has 7 heteroatoms. The molecule has 20 heavy (non-hydrogen) atoms. The molecule has 0 aliphatic rings. The first-order chi connectivity index (χ1) is 9.58. The largest absolute Gasteiger partial charge is 0.374 e. The van der Waals surface area contributed by atoms with E-state index in [9.17, 15) is 0 Å². The molecule has 0 bridgehead atoms. The van der Waals surface area contributed by atoms with Crippen LogP contribution in [0.4, 0.5) is 11.5 Å². The van der Waals surface area contributed by atoms with Gasteiger partial charge in [0.15, 0.2) is 5.82 Å². The quantitative estimate of drug-likeness (QED) is 0.759. The number of nitrogens with one attached hydrogen (secondary N) is 1. The topological polar surface area (TPSA) is 47.0 Å². The molecule has 2 aromatic rings. The van der Waals surface area contributed by atoms with E-state index in [1.54, 1.807) is 12.1 Å². The molecule has 0 aliphatic heterocycles. The molecular weight excluding hydrogens is 365 g/mol. The van der Waals surface area contributed by atoms with Gasteiger partial charge in [0.2, 0.25) is 0 Å². The van der Waals surface area contributed by atoms with Crippen LogP contribution in [0.5, 0.6) is 0 Å². The third kappa shape index (κ3) is 4.31. The lowest BCUT2D eigenvalue weighted by atomic mass is 10.3. The lowest BCUT2D eigenvalue weighted by molar-refractivity contribution is 0.128. The van der Waals surface area contributed by atoms with Gasteiger partial charge in [-0.1, -0.05) is 39.1 Å². The van der Waals surface area contributed by atoms with Crippen molar-refractivity contribution in [3.63, 3.8) is 0 Å². The minimum Gasteiger partial charge on any atom is -0.374 e. The average molecular weight is 377 g/mol. The highest BCUT2D eigenvalue weighted by Crippen LogP contribution is 2.28. The lowest BCUT2D eigenvalue weighted by Crippen LogP contribution is -2.03. The molecule has 0 saturated heterocycles. The summed E-state index contributed by atoms with van der Waals surface area (Å²) >= 11 is 15.5. The summed E-state index contributed by atoms with van der Waals surface area (Å²) in [7, 11) is 0. The predicted octanol–water partition coefficient (Wildman–Crippen LogP) is 4.83. The Morgan fingerprint density at radius 2 is 2.05 bits per heavy atom. The summed E-state index contributed by atoms with van der Waals surface area (Å²) in [4.78, 5) is 8.43. The number of hydrogen-bond donors (Lipinski definition) is 1. The number of ether oxygens (including phenoxy) is 1. The zero-order chi connectivity index (χ0) is 14.5. The Balaban J connectivity index is 2.21. The van der Waals surface area contributed by atoms with Gasteiger partial charge >= 0.3 is 0 Å². The molecule has 0 radical (unpaired) electrons. The Morgan fingerprint density at radius 1 is 1.25 bits per heavy atom. The molecule has 106 valence electrons. The van der Waals surface area contributed by atoms with E-state index in [0.29, 0.717) is 35.0 Å². The van der Waals surface area contributed by atoms with Crippen molar-refractivity contribution in [3.05, 3.63) is 44.7 Å². The van der Waals surface area contributed by atoms with Crippen LogP contribution in [0.1, 0.15) is 12.7 Å². The minimum absolute atomic E-state index is 0.319. The second kappa shape index (κ2) is 7.22. The normalized spacial score (nSPS) is 10.6. The van der Waals surface area contributed by atoms with Crippen molar-refractivity contribution in [2.75, 3.05) is 11.9 Å². The molecule has 0 spiro atoms. The van der Waals surface area contributed by atoms with Crippen molar-refractivity contribution >= 4 is 50.6 Å². The van der Waals surface area contributed by atoms with Gasteiger partial charge in [-0.05, 0) is 25.1 Å². The molecular formula is C13H12BrCl2N3O. The summed E-state index contributed by atoms with van der Waals surface area (Å²) < 4.78 is 6.18. The molecule has 1 aromatic heterocycles. The minimum atomic E-state index is 0.319. The second-order valence-corrected chi connectivity index (χ2v) is 5.59. The van der Waals surface area contributed by atoms with E-state index in [2.05, 4.69) is 31.2 Å². The van der Waals surface area contributed by atoms with Crippen molar-refractivity contribution in [3.8, 4) is 0 Å². The van der Waals surface area contributed by atoms with Crippen LogP contribution in [0.25, 0.3) is 0 Å². The predicted molar refractivity (Wildman–Crippen MR) is 84.8 cm³/mol. The van der Waals surface area contributed by atoms with Crippen molar-refractivity contribution in [1.29, 1.82) is 0 Å². The summed E-state index contributed by atoms with van der Waals surface area (Å²) in [5.74, 6) is 1.10. The molecule has 0 amide bonds. The van der Waals surface area contributed by atoms with Crippen molar-refractivity contribution in [2.24, 2.45) is 0 Å². The average Bonchev–Trinajstić information content (AvgIpc) is 2.39. The lowest BCUT2D eigenvalue weighted by Gasteiger charge is -2.09. The van der Waals surface area contributed by atoms with Gasteiger partial charge in [-0.25, -0.2) is 9.97 Å². The smallest absolute Gasteiger partial charge is 0.158 e. The van der Waals surface area contributed by atoms with Gasteiger partial charge in [-0.15, -0.1) is 0 Å². The van der Waals surface area contributed by atoms with Gasteiger partial charge in [0, 0.05) is 17.1 Å². The van der Waals surface area contributed by atoms with Gasteiger partial charge in [-0.3, -0.25) is 0 Å². The standard InChI is InChI=1S/C13H12BrCl2N3O/c1-2-20-7-13-18-11(16)6-12(19-13)17-10-4-3-8(14)5-9(10)15/h3-6H,2,7H2,1H3,(H,17,18,19). The molecule has 4 nitrogen and oxygen atoms in total. The van der Waals surface area contributed by atoms with E-state index in [1.807, 2.05) is 19.1 Å². The maximum Gasteiger partial charge on any atom is 0.158 e. The number of nitrogens with zero attached hydrogens (tertiary/aromatic N) is 2. The zero-order valence-electron chi connectivity index (χ0n) is 10.7. The molecule has 1 aromatic carbocycles. The monoisotopic (exact) mass is 375 g/mol. The van der Waals surface area contributed by atoms with Crippen LogP contribution in [-0.2, 0) is 11.3 Å². The zero-order valence-corrected chi connectivity index (χ0v) is 13.8. The van der Waals surface area contributed by atoms with Crippen molar-refractivity contribution < 1.29 is 4.74 Å². The van der Waals surface area contributed by atoms with E-state index in [4.69, 9.17) is 27.9 Å². The van der Waals surface area contributed by atoms with E-state index in [0.717, 1.165) is 10.2 Å². The Morgan fingerprint density at radius 3 is 2.75 bits per heavy atom. The summed E-state index contributed by atoms with van der Waals surface area (Å²) in [6, 6.07) is 7.17. The number of benzene rings is 1. The first kappa shape index (κ1) is 15.5. The van der Waals surface area contributed by atoms with E-state index >= 15 is 0 Å². The highest BCUT2D eigenvalue weighted by molar-refractivity contribution is 9.10. The molecule has 0 aliphatic carbocycles.